The van der Waals surface area contributed by atoms with Gasteiger partial charge in [-0.05, 0) is 12.5 Å². The number of anilines is 2. The molecule has 0 atom stereocenters. The average Bonchev–Trinajstić information content (AvgIpc) is 2.85. The van der Waals surface area contributed by atoms with E-state index in [-0.39, 0.29) is 18.1 Å². The zero-order valence-corrected chi connectivity index (χ0v) is 16.1. The third-order valence-electron chi connectivity index (χ3n) is 4.44. The summed E-state index contributed by atoms with van der Waals surface area (Å²) in [6.07, 6.45) is 0. The molecule has 27 heavy (non-hydrogen) atoms. The van der Waals surface area contributed by atoms with Crippen LogP contribution in [0.3, 0.4) is 0 Å². The van der Waals surface area contributed by atoms with Gasteiger partial charge in [0.05, 0.1) is 12.2 Å². The molecule has 0 spiro atoms. The normalized spacial score (nSPS) is 11.0. The molecule has 9 heteroatoms. The van der Waals surface area contributed by atoms with E-state index in [9.17, 15) is 9.59 Å². The van der Waals surface area contributed by atoms with Crippen molar-refractivity contribution in [3.05, 3.63) is 73.1 Å². The lowest BCUT2D eigenvalue weighted by atomic mass is 10.2. The summed E-state index contributed by atoms with van der Waals surface area (Å²) in [6.45, 7) is 2.43. The monoisotopic (exact) mass is 388 g/mol. The van der Waals surface area contributed by atoms with Gasteiger partial charge in [0.25, 0.3) is 5.56 Å². The topological polar surface area (TPSA) is 102 Å². The van der Waals surface area contributed by atoms with Gasteiger partial charge in [0.15, 0.2) is 0 Å². The van der Waals surface area contributed by atoms with Crippen LogP contribution in [0.2, 0.25) is 5.15 Å². The predicted octanol–water partition coefficient (Wildman–Crippen LogP) is 1.50. The van der Waals surface area contributed by atoms with Crippen molar-refractivity contribution in [2.24, 2.45) is 7.05 Å². The first-order valence-corrected chi connectivity index (χ1v) is 8.73. The second kappa shape index (κ2) is 7.32. The molecule has 0 radical (unpaired) electrons. The first-order valence-electron chi connectivity index (χ1n) is 8.35. The van der Waals surface area contributed by atoms with Crippen molar-refractivity contribution in [3.63, 3.8) is 0 Å². The van der Waals surface area contributed by atoms with Gasteiger partial charge in [-0.25, -0.2) is 4.79 Å². The van der Waals surface area contributed by atoms with Crippen LogP contribution in [0.5, 0.6) is 0 Å². The van der Waals surface area contributed by atoms with Crippen molar-refractivity contribution < 1.29 is 0 Å². The molecule has 3 aromatic rings. The summed E-state index contributed by atoms with van der Waals surface area (Å²) in [6, 6.07) is 9.42. The lowest BCUT2D eigenvalue weighted by molar-refractivity contribution is 0.725. The van der Waals surface area contributed by atoms with E-state index < -0.39 is 11.2 Å². The number of nitrogens with one attached hydrogen (secondary N) is 1. The van der Waals surface area contributed by atoms with Gasteiger partial charge in [-0.2, -0.15) is 5.10 Å². The first kappa shape index (κ1) is 18.8. The van der Waals surface area contributed by atoms with Crippen LogP contribution in [0.4, 0.5) is 11.5 Å². The number of H-pyrrole nitrogens is 1. The molecule has 0 aliphatic heterocycles. The van der Waals surface area contributed by atoms with Crippen molar-refractivity contribution in [2.75, 3.05) is 17.7 Å². The Hall–Kier alpha value is -3.00. The van der Waals surface area contributed by atoms with Gasteiger partial charge in [0, 0.05) is 26.2 Å². The Balaban J connectivity index is 2.01. The molecule has 2 heterocycles. The molecule has 3 rings (SSSR count). The molecule has 8 nitrogen and oxygen atoms in total. The molecule has 142 valence electrons. The van der Waals surface area contributed by atoms with Crippen LogP contribution in [0, 0.1) is 6.92 Å². The van der Waals surface area contributed by atoms with Gasteiger partial charge in [0.2, 0.25) is 0 Å². The molecule has 0 fully saturated rings. The zero-order valence-electron chi connectivity index (χ0n) is 15.4. The molecule has 0 bridgehead atoms. The molecule has 1 aromatic carbocycles. The molecule has 0 saturated heterocycles. The molecule has 0 amide bonds. The van der Waals surface area contributed by atoms with Gasteiger partial charge in [0.1, 0.15) is 16.7 Å². The molecule has 0 aliphatic rings. The number of benzene rings is 1. The molecular weight excluding hydrogens is 368 g/mol. The van der Waals surface area contributed by atoms with E-state index in [0.717, 1.165) is 16.8 Å². The highest BCUT2D eigenvalue weighted by Crippen LogP contribution is 2.24. The maximum atomic E-state index is 12.4. The van der Waals surface area contributed by atoms with Crippen LogP contribution >= 0.6 is 11.6 Å². The summed E-state index contributed by atoms with van der Waals surface area (Å²) in [5.41, 5.74) is 7.80. The minimum Gasteiger partial charge on any atom is -0.383 e. The van der Waals surface area contributed by atoms with Crippen LogP contribution in [-0.2, 0) is 20.1 Å². The summed E-state index contributed by atoms with van der Waals surface area (Å²) < 4.78 is 2.92. The number of nitrogens with zero attached hydrogens (tertiary/aromatic N) is 4. The largest absolute Gasteiger partial charge is 0.383 e. The summed E-state index contributed by atoms with van der Waals surface area (Å²) in [5.74, 6) is 0.104. The molecule has 0 saturated carbocycles. The van der Waals surface area contributed by atoms with E-state index in [1.54, 1.807) is 23.7 Å². The number of nitrogens with two attached hydrogens (primary N) is 1. The van der Waals surface area contributed by atoms with Crippen LogP contribution in [0.1, 0.15) is 16.8 Å². The number of halogens is 1. The predicted molar refractivity (Wildman–Crippen MR) is 106 cm³/mol. The van der Waals surface area contributed by atoms with Crippen molar-refractivity contribution in [1.82, 2.24) is 19.3 Å². The highest BCUT2D eigenvalue weighted by atomic mass is 35.5. The first-order chi connectivity index (χ1) is 12.8. The summed E-state index contributed by atoms with van der Waals surface area (Å²) in [7, 11) is 3.47. The van der Waals surface area contributed by atoms with Crippen LogP contribution < -0.4 is 21.9 Å². The lowest BCUT2D eigenvalue weighted by Gasteiger charge is -2.22. The SMILES string of the molecule is Cc1nn(C)c(Cl)c1CN(C)c1c(N)n(Cc2ccccc2)c(=O)[nH]c1=O. The third kappa shape index (κ3) is 3.61. The van der Waals surface area contributed by atoms with E-state index in [2.05, 4.69) is 10.1 Å². The molecule has 2 aromatic heterocycles. The Labute approximate surface area is 160 Å². The smallest absolute Gasteiger partial charge is 0.330 e. The highest BCUT2D eigenvalue weighted by molar-refractivity contribution is 6.30. The average molecular weight is 389 g/mol. The van der Waals surface area contributed by atoms with Crippen LogP contribution in [0.25, 0.3) is 0 Å². The highest BCUT2D eigenvalue weighted by Gasteiger charge is 2.20. The lowest BCUT2D eigenvalue weighted by Crippen LogP contribution is -2.37. The van der Waals surface area contributed by atoms with E-state index >= 15 is 0 Å². The summed E-state index contributed by atoms with van der Waals surface area (Å²) in [4.78, 5) is 28.7. The molecular formula is C18H21ClN6O2. The zero-order chi connectivity index (χ0) is 19.7. The fraction of sp³-hybridized carbons (Fsp3) is 0.278. The van der Waals surface area contributed by atoms with Crippen molar-refractivity contribution >= 4 is 23.1 Å². The van der Waals surface area contributed by atoms with Crippen molar-refractivity contribution in [2.45, 2.75) is 20.0 Å². The number of aryl methyl sites for hydroxylation is 2. The number of hydrogen-bond donors (Lipinski definition) is 2. The van der Waals surface area contributed by atoms with Crippen LogP contribution in [0.15, 0.2) is 39.9 Å². The molecule has 0 unspecified atom stereocenters. The van der Waals surface area contributed by atoms with Crippen molar-refractivity contribution in [3.8, 4) is 0 Å². The maximum absolute atomic E-state index is 12.4. The number of rotatable bonds is 5. The van der Waals surface area contributed by atoms with Crippen molar-refractivity contribution in [1.29, 1.82) is 0 Å². The minimum absolute atomic E-state index is 0.104. The Kier molecular flexibility index (Phi) is 5.09. The number of hydrogen-bond acceptors (Lipinski definition) is 5. The Bertz CT molecular complexity index is 1080. The van der Waals surface area contributed by atoms with E-state index in [0.29, 0.717) is 11.7 Å². The quantitative estimate of drug-likeness (QED) is 0.689. The van der Waals surface area contributed by atoms with Gasteiger partial charge in [-0.15, -0.1) is 0 Å². The standard InChI is InChI=1S/C18H21ClN6O2/c1-11-13(15(19)24(3)22-11)10-23(2)14-16(20)25(18(27)21-17(14)26)9-12-7-5-4-6-8-12/h4-8H,9-10,20H2,1-3H3,(H,21,26,27). The third-order valence-corrected chi connectivity index (χ3v) is 4.92. The van der Waals surface area contributed by atoms with Gasteiger partial charge in [-0.3, -0.25) is 19.0 Å². The Morgan fingerprint density at radius 2 is 1.93 bits per heavy atom. The molecule has 3 N–H and O–H groups in total. The van der Waals surface area contributed by atoms with Gasteiger partial charge in [-0.1, -0.05) is 41.9 Å². The van der Waals surface area contributed by atoms with E-state index in [1.807, 2.05) is 37.3 Å². The maximum Gasteiger partial charge on any atom is 0.330 e. The fourth-order valence-electron chi connectivity index (χ4n) is 3.04. The Morgan fingerprint density at radius 1 is 1.26 bits per heavy atom. The van der Waals surface area contributed by atoms with Gasteiger partial charge >= 0.3 is 5.69 Å². The number of aromatic amines is 1. The summed E-state index contributed by atoms with van der Waals surface area (Å²) >= 11 is 6.29. The Morgan fingerprint density at radius 3 is 2.52 bits per heavy atom. The van der Waals surface area contributed by atoms with Crippen LogP contribution in [-0.4, -0.2) is 26.4 Å². The van der Waals surface area contributed by atoms with E-state index in [1.165, 1.54) is 4.57 Å². The van der Waals surface area contributed by atoms with E-state index in [4.69, 9.17) is 17.3 Å². The number of nitrogen functional groups attached to an aromatic ring is 1. The minimum atomic E-state index is -0.547. The van der Waals surface area contributed by atoms with Gasteiger partial charge < -0.3 is 10.6 Å². The fourth-order valence-corrected chi connectivity index (χ4v) is 3.27. The summed E-state index contributed by atoms with van der Waals surface area (Å²) in [5, 5.41) is 4.77. The molecule has 0 aliphatic carbocycles. The number of aromatic nitrogens is 4. The second-order valence-corrected chi connectivity index (χ2v) is 6.76. The second-order valence-electron chi connectivity index (χ2n) is 6.40.